The van der Waals surface area contributed by atoms with Crippen molar-refractivity contribution in [2.75, 3.05) is 12.4 Å². The number of halogens is 1. The summed E-state index contributed by atoms with van der Waals surface area (Å²) in [5.74, 6) is 0.537. The van der Waals surface area contributed by atoms with E-state index in [9.17, 15) is 9.18 Å². The van der Waals surface area contributed by atoms with Crippen LogP contribution >= 0.6 is 11.3 Å². The molecule has 0 saturated heterocycles. The van der Waals surface area contributed by atoms with E-state index in [0.717, 1.165) is 0 Å². The number of nitrogens with one attached hydrogen (secondary N) is 2. The molecule has 5 nitrogen and oxygen atoms in total. The highest BCUT2D eigenvalue weighted by Crippen LogP contribution is 2.25. The van der Waals surface area contributed by atoms with Crippen molar-refractivity contribution >= 4 is 27.2 Å². The van der Waals surface area contributed by atoms with Crippen LogP contribution in [0.15, 0.2) is 34.4 Å². The van der Waals surface area contributed by atoms with Crippen LogP contribution in [0.25, 0.3) is 10.2 Å². The maximum atomic E-state index is 13.1. The van der Waals surface area contributed by atoms with E-state index in [1.165, 1.54) is 30.6 Å². The molecule has 21 heavy (non-hydrogen) atoms. The summed E-state index contributed by atoms with van der Waals surface area (Å²) in [5, 5.41) is 4.90. The van der Waals surface area contributed by atoms with Gasteiger partial charge in [-0.1, -0.05) is 0 Å². The summed E-state index contributed by atoms with van der Waals surface area (Å²) in [6.07, 6.45) is 0. The molecule has 0 aliphatic carbocycles. The van der Waals surface area contributed by atoms with Crippen LogP contribution in [0.2, 0.25) is 0 Å². The third-order valence-electron chi connectivity index (χ3n) is 2.97. The summed E-state index contributed by atoms with van der Waals surface area (Å²) in [7, 11) is 1.47. The first-order valence-corrected chi connectivity index (χ1v) is 7.09. The van der Waals surface area contributed by atoms with Gasteiger partial charge in [0.15, 0.2) is 0 Å². The van der Waals surface area contributed by atoms with Crippen LogP contribution in [0, 0.1) is 5.82 Å². The van der Waals surface area contributed by atoms with Gasteiger partial charge in [0.1, 0.15) is 22.1 Å². The van der Waals surface area contributed by atoms with E-state index in [1.54, 1.807) is 12.1 Å². The third-order valence-corrected chi connectivity index (χ3v) is 3.88. The summed E-state index contributed by atoms with van der Waals surface area (Å²) in [6, 6.07) is 6.01. The Labute approximate surface area is 123 Å². The van der Waals surface area contributed by atoms with Crippen molar-refractivity contribution in [1.82, 2.24) is 9.97 Å². The Morgan fingerprint density at radius 1 is 1.43 bits per heavy atom. The van der Waals surface area contributed by atoms with Crippen LogP contribution in [-0.4, -0.2) is 17.1 Å². The van der Waals surface area contributed by atoms with Crippen LogP contribution in [0.4, 0.5) is 10.1 Å². The molecule has 3 rings (SSSR count). The second kappa shape index (κ2) is 5.53. The van der Waals surface area contributed by atoms with Gasteiger partial charge in [-0.05, 0) is 23.6 Å². The van der Waals surface area contributed by atoms with Gasteiger partial charge in [-0.3, -0.25) is 4.79 Å². The van der Waals surface area contributed by atoms with Gasteiger partial charge in [0.25, 0.3) is 5.56 Å². The highest BCUT2D eigenvalue weighted by Gasteiger charge is 2.07. The number of fused-ring (bicyclic) bond motifs is 1. The topological polar surface area (TPSA) is 67.0 Å². The number of methoxy groups -OCH3 is 1. The smallest absolute Gasteiger partial charge is 0.268 e. The fraction of sp³-hybridized carbons (Fsp3) is 0.143. The number of aromatic amines is 1. The highest BCUT2D eigenvalue weighted by molar-refractivity contribution is 7.17. The first-order chi connectivity index (χ1) is 10.2. The number of H-pyrrole nitrogens is 1. The van der Waals surface area contributed by atoms with Crippen LogP contribution < -0.4 is 15.6 Å². The number of anilines is 1. The molecule has 2 aromatic heterocycles. The standard InChI is InChI=1S/C14H12FN3O2S/c1-20-11-6-8(15)2-3-9(11)16-7-12-17-10-4-5-21-13(10)14(19)18-12/h2-6,16H,7H2,1H3,(H,17,18,19). The van der Waals surface area contributed by atoms with E-state index in [0.29, 0.717) is 34.0 Å². The summed E-state index contributed by atoms with van der Waals surface area (Å²) in [4.78, 5) is 18.9. The van der Waals surface area contributed by atoms with Crippen molar-refractivity contribution in [3.8, 4) is 5.75 Å². The number of hydrogen-bond donors (Lipinski definition) is 2. The number of thiophene rings is 1. The number of hydrogen-bond acceptors (Lipinski definition) is 5. The molecule has 2 N–H and O–H groups in total. The van der Waals surface area contributed by atoms with E-state index in [-0.39, 0.29) is 11.4 Å². The minimum Gasteiger partial charge on any atom is -0.494 e. The van der Waals surface area contributed by atoms with Gasteiger partial charge in [0.05, 0.1) is 24.9 Å². The predicted octanol–water partition coefficient (Wildman–Crippen LogP) is 2.74. The van der Waals surface area contributed by atoms with Crippen LogP contribution in [0.1, 0.15) is 5.82 Å². The van der Waals surface area contributed by atoms with Crippen molar-refractivity contribution in [1.29, 1.82) is 0 Å². The largest absolute Gasteiger partial charge is 0.494 e. The van der Waals surface area contributed by atoms with Crippen molar-refractivity contribution in [2.24, 2.45) is 0 Å². The number of benzene rings is 1. The molecule has 0 aliphatic heterocycles. The Hall–Kier alpha value is -2.41. The molecule has 108 valence electrons. The summed E-state index contributed by atoms with van der Waals surface area (Å²) in [5.41, 5.74) is 1.15. The minimum atomic E-state index is -0.372. The van der Waals surface area contributed by atoms with Gasteiger partial charge in [-0.15, -0.1) is 11.3 Å². The molecule has 0 spiro atoms. The zero-order valence-corrected chi connectivity index (χ0v) is 12.0. The molecule has 0 amide bonds. The number of nitrogens with zero attached hydrogens (tertiary/aromatic N) is 1. The van der Waals surface area contributed by atoms with Crippen molar-refractivity contribution in [2.45, 2.75) is 6.54 Å². The third kappa shape index (κ3) is 2.73. The van der Waals surface area contributed by atoms with E-state index in [1.807, 2.05) is 5.38 Å². The lowest BCUT2D eigenvalue weighted by atomic mass is 10.3. The predicted molar refractivity (Wildman–Crippen MR) is 80.5 cm³/mol. The van der Waals surface area contributed by atoms with E-state index < -0.39 is 0 Å². The molecular formula is C14H12FN3O2S. The Balaban J connectivity index is 1.85. The lowest BCUT2D eigenvalue weighted by Gasteiger charge is -2.10. The SMILES string of the molecule is COc1cc(F)ccc1NCc1nc2ccsc2c(=O)[nH]1. The monoisotopic (exact) mass is 305 g/mol. The molecule has 0 fully saturated rings. The lowest BCUT2D eigenvalue weighted by molar-refractivity contribution is 0.413. The molecule has 0 bridgehead atoms. The maximum Gasteiger partial charge on any atom is 0.268 e. The fourth-order valence-electron chi connectivity index (χ4n) is 2.00. The van der Waals surface area contributed by atoms with Crippen molar-refractivity contribution in [3.05, 3.63) is 51.6 Å². The number of rotatable bonds is 4. The van der Waals surface area contributed by atoms with Crippen LogP contribution in [0.3, 0.4) is 0 Å². The summed E-state index contributed by atoms with van der Waals surface area (Å²) >= 11 is 1.36. The molecule has 0 atom stereocenters. The molecule has 7 heteroatoms. The molecule has 0 aliphatic rings. The van der Waals surface area contributed by atoms with Crippen LogP contribution in [-0.2, 0) is 6.54 Å². The molecule has 0 saturated carbocycles. The van der Waals surface area contributed by atoms with Gasteiger partial charge in [0.2, 0.25) is 0 Å². The Morgan fingerprint density at radius 3 is 3.10 bits per heavy atom. The molecule has 0 unspecified atom stereocenters. The zero-order valence-electron chi connectivity index (χ0n) is 11.1. The van der Waals surface area contributed by atoms with E-state index in [4.69, 9.17) is 4.74 Å². The lowest BCUT2D eigenvalue weighted by Crippen LogP contribution is -2.13. The average molecular weight is 305 g/mol. The average Bonchev–Trinajstić information content (AvgIpc) is 2.94. The second-order valence-electron chi connectivity index (χ2n) is 4.35. The normalized spacial score (nSPS) is 10.8. The highest BCUT2D eigenvalue weighted by atomic mass is 32.1. The molecule has 3 aromatic rings. The molecular weight excluding hydrogens is 293 g/mol. The summed E-state index contributed by atoms with van der Waals surface area (Å²) < 4.78 is 18.8. The number of ether oxygens (including phenoxy) is 1. The molecule has 2 heterocycles. The van der Waals surface area contributed by atoms with Crippen LogP contribution in [0.5, 0.6) is 5.75 Å². The Morgan fingerprint density at radius 2 is 2.29 bits per heavy atom. The van der Waals surface area contributed by atoms with Gasteiger partial charge in [-0.25, -0.2) is 9.37 Å². The maximum absolute atomic E-state index is 13.1. The molecule has 1 aromatic carbocycles. The quantitative estimate of drug-likeness (QED) is 0.778. The van der Waals surface area contributed by atoms with Crippen molar-refractivity contribution in [3.63, 3.8) is 0 Å². The first-order valence-electron chi connectivity index (χ1n) is 6.21. The fourth-order valence-corrected chi connectivity index (χ4v) is 2.72. The van der Waals surface area contributed by atoms with E-state index in [2.05, 4.69) is 15.3 Å². The van der Waals surface area contributed by atoms with Gasteiger partial charge >= 0.3 is 0 Å². The van der Waals surface area contributed by atoms with Crippen molar-refractivity contribution < 1.29 is 9.13 Å². The summed E-state index contributed by atoms with van der Waals surface area (Å²) in [6.45, 7) is 0.309. The zero-order chi connectivity index (χ0) is 14.8. The number of aromatic nitrogens is 2. The Kier molecular flexibility index (Phi) is 3.57. The van der Waals surface area contributed by atoms with Gasteiger partial charge in [-0.2, -0.15) is 0 Å². The van der Waals surface area contributed by atoms with Gasteiger partial charge < -0.3 is 15.0 Å². The minimum absolute atomic E-state index is 0.155. The van der Waals surface area contributed by atoms with E-state index >= 15 is 0 Å². The molecule has 0 radical (unpaired) electrons. The first kappa shape index (κ1) is 13.6. The Bertz CT molecular complexity index is 844. The second-order valence-corrected chi connectivity index (χ2v) is 5.26. The van der Waals surface area contributed by atoms with Gasteiger partial charge in [0, 0.05) is 6.07 Å².